The number of carboxylic acid groups (broad SMARTS) is 1. The predicted molar refractivity (Wildman–Crippen MR) is 73.0 cm³/mol. The van der Waals surface area contributed by atoms with E-state index in [9.17, 15) is 20.0 Å². The molecule has 3 N–H and O–H groups in total. The highest BCUT2D eigenvalue weighted by Crippen LogP contribution is 2.35. The Labute approximate surface area is 120 Å². The average molecular weight is 296 g/mol. The lowest BCUT2D eigenvalue weighted by atomic mass is 9.85. The van der Waals surface area contributed by atoms with E-state index in [4.69, 9.17) is 10.6 Å². The number of nitrogens with zero attached hydrogens (tertiary/aromatic N) is 1. The molecule has 0 fully saturated rings. The molecule has 0 aromatic heterocycles. The van der Waals surface area contributed by atoms with Crippen LogP contribution in [0.4, 0.5) is 0 Å². The number of hydrogen-bond acceptors (Lipinski definition) is 6. The number of nitrogens with two attached hydrogens (primary N) is 1. The molecule has 0 spiro atoms. The van der Waals surface area contributed by atoms with E-state index in [2.05, 4.69) is 11.4 Å². The molecule has 0 aromatic carbocycles. The van der Waals surface area contributed by atoms with Gasteiger partial charge in [0.1, 0.15) is 17.1 Å². The van der Waals surface area contributed by atoms with Crippen LogP contribution in [0, 0.1) is 16.0 Å². The molecule has 0 heterocycles. The fraction of sp³-hybridized carbons (Fsp3) is 0.308. The van der Waals surface area contributed by atoms with E-state index in [-0.39, 0.29) is 29.0 Å². The van der Waals surface area contributed by atoms with Crippen molar-refractivity contribution in [2.75, 3.05) is 7.11 Å². The van der Waals surface area contributed by atoms with Crippen LogP contribution in [0.2, 0.25) is 0 Å². The molecule has 114 valence electrons. The topological polar surface area (TPSA) is 125 Å². The molecule has 1 unspecified atom stereocenters. The summed E-state index contributed by atoms with van der Waals surface area (Å²) in [5.41, 5.74) is -0.154. The fourth-order valence-corrected chi connectivity index (χ4v) is 2.06. The summed E-state index contributed by atoms with van der Waals surface area (Å²) < 4.78 is 5.14. The molecular weight excluding hydrogens is 280 g/mol. The summed E-state index contributed by atoms with van der Waals surface area (Å²) >= 11 is 0. The molecule has 0 amide bonds. The minimum atomic E-state index is -1.28. The third-order valence-electron chi connectivity index (χ3n) is 3.15. The maximum Gasteiger partial charge on any atom is 0.339 e. The van der Waals surface area contributed by atoms with Crippen molar-refractivity contribution in [2.45, 2.75) is 13.3 Å². The van der Waals surface area contributed by atoms with Gasteiger partial charge >= 0.3 is 5.97 Å². The molecule has 1 aliphatic carbocycles. The summed E-state index contributed by atoms with van der Waals surface area (Å²) in [4.78, 5) is 26.1. The van der Waals surface area contributed by atoms with Gasteiger partial charge in [-0.25, -0.2) is 4.79 Å². The predicted octanol–water partition coefficient (Wildman–Crippen LogP) is 1.50. The molecule has 0 bridgehead atoms. The molecule has 0 radical (unpaired) electrons. The fourth-order valence-electron chi connectivity index (χ4n) is 2.06. The molecule has 1 aliphatic rings. The average Bonchev–Trinajstić information content (AvgIpc) is 2.45. The van der Waals surface area contributed by atoms with Crippen molar-refractivity contribution in [3.05, 3.63) is 57.2 Å². The number of carbonyl (C=O) groups is 1. The third kappa shape index (κ3) is 3.48. The second-order valence-electron chi connectivity index (χ2n) is 4.32. The van der Waals surface area contributed by atoms with Gasteiger partial charge in [-0.3, -0.25) is 10.1 Å². The minimum absolute atomic E-state index is 0.0276. The van der Waals surface area contributed by atoms with Crippen LogP contribution in [0.5, 0.6) is 0 Å². The van der Waals surface area contributed by atoms with Crippen molar-refractivity contribution in [1.29, 1.82) is 0 Å². The van der Waals surface area contributed by atoms with Gasteiger partial charge in [0.25, 0.3) is 0 Å². The van der Waals surface area contributed by atoms with Gasteiger partial charge in [-0.05, 0) is 18.6 Å². The normalized spacial score (nSPS) is 18.9. The number of allylic oxidation sites excluding steroid dienone is 5. The summed E-state index contributed by atoms with van der Waals surface area (Å²) in [5.74, 6) is 3.38. The van der Waals surface area contributed by atoms with Crippen molar-refractivity contribution >= 4 is 5.97 Å². The number of aliphatic carboxylic acids is 1. The molecule has 0 aliphatic heterocycles. The number of carboxylic acids is 1. The van der Waals surface area contributed by atoms with Crippen LogP contribution in [0.1, 0.15) is 13.3 Å². The van der Waals surface area contributed by atoms with E-state index in [1.807, 2.05) is 0 Å². The van der Waals surface area contributed by atoms with Crippen molar-refractivity contribution < 1.29 is 24.4 Å². The van der Waals surface area contributed by atoms with Crippen molar-refractivity contribution in [2.24, 2.45) is 11.8 Å². The summed E-state index contributed by atoms with van der Waals surface area (Å²) in [6.45, 7) is 5.09. The van der Waals surface area contributed by atoms with Crippen molar-refractivity contribution in [3.8, 4) is 0 Å². The van der Waals surface area contributed by atoms with Crippen LogP contribution < -0.4 is 5.90 Å². The van der Waals surface area contributed by atoms with Crippen LogP contribution in [-0.2, 0) is 14.4 Å². The number of nitro groups is 1. The van der Waals surface area contributed by atoms with Crippen molar-refractivity contribution in [3.63, 3.8) is 0 Å². The Hall–Kier alpha value is -2.61. The van der Waals surface area contributed by atoms with Crippen LogP contribution in [0.15, 0.2) is 47.1 Å². The van der Waals surface area contributed by atoms with Crippen LogP contribution in [-0.4, -0.2) is 23.1 Å². The van der Waals surface area contributed by atoms with Gasteiger partial charge in [-0.2, -0.15) is 5.90 Å². The van der Waals surface area contributed by atoms with Gasteiger partial charge in [-0.15, -0.1) is 0 Å². The number of hydrogen-bond donors (Lipinski definition) is 2. The first-order chi connectivity index (χ1) is 9.83. The molecule has 1 atom stereocenters. The Kier molecular flexibility index (Phi) is 5.25. The molecule has 0 saturated carbocycles. The Morgan fingerprint density at radius 2 is 2.19 bits per heavy atom. The monoisotopic (exact) mass is 296 g/mol. The summed E-state index contributed by atoms with van der Waals surface area (Å²) in [7, 11) is 1.40. The lowest BCUT2D eigenvalue weighted by Gasteiger charge is -2.23. The lowest BCUT2D eigenvalue weighted by Crippen LogP contribution is -2.21. The second-order valence-corrected chi connectivity index (χ2v) is 4.32. The first-order valence-corrected chi connectivity index (χ1v) is 5.92. The zero-order valence-corrected chi connectivity index (χ0v) is 11.7. The van der Waals surface area contributed by atoms with Gasteiger partial charge in [-0.1, -0.05) is 6.58 Å². The number of ether oxygens (including phenoxy) is 1. The van der Waals surface area contributed by atoms with E-state index >= 15 is 0 Å². The molecule has 0 saturated heterocycles. The molecule has 1 rings (SSSR count). The minimum Gasteiger partial charge on any atom is -0.500 e. The van der Waals surface area contributed by atoms with Crippen LogP contribution in [0.25, 0.3) is 0 Å². The molecular formula is C13H16N2O6. The molecule has 21 heavy (non-hydrogen) atoms. The smallest absolute Gasteiger partial charge is 0.339 e. The SMILES string of the molecule is C=C(/C(C(=O)O)=C(/C)ON)C1CC([N+](=O)[O-])=CC=C1OC. The Bertz CT molecular complexity index is 573. The van der Waals surface area contributed by atoms with Gasteiger partial charge in [0.15, 0.2) is 0 Å². The van der Waals surface area contributed by atoms with E-state index in [0.717, 1.165) is 0 Å². The van der Waals surface area contributed by atoms with Crippen molar-refractivity contribution in [1.82, 2.24) is 0 Å². The standard InChI is InChI=1S/C13H16N2O6/c1-7(12(13(16)17)8(2)21-14)10-6-9(15(18)19)4-5-11(10)20-3/h4-5,10H,1,6,14H2,2-3H3,(H,16,17)/b12-8+. The Balaban J connectivity index is 3.22. The van der Waals surface area contributed by atoms with E-state index < -0.39 is 16.8 Å². The Morgan fingerprint density at radius 1 is 1.57 bits per heavy atom. The van der Waals surface area contributed by atoms with Gasteiger partial charge in [0, 0.05) is 6.08 Å². The lowest BCUT2D eigenvalue weighted by molar-refractivity contribution is -0.428. The molecule has 0 aromatic rings. The van der Waals surface area contributed by atoms with Gasteiger partial charge in [0.2, 0.25) is 5.70 Å². The number of rotatable bonds is 6. The second kappa shape index (κ2) is 6.71. The third-order valence-corrected chi connectivity index (χ3v) is 3.15. The van der Waals surface area contributed by atoms with E-state index in [0.29, 0.717) is 5.76 Å². The first-order valence-electron chi connectivity index (χ1n) is 5.92. The molecule has 8 nitrogen and oxygen atoms in total. The quantitative estimate of drug-likeness (QED) is 0.250. The van der Waals surface area contributed by atoms with Gasteiger partial charge < -0.3 is 14.7 Å². The highest BCUT2D eigenvalue weighted by molar-refractivity contribution is 5.92. The maximum absolute atomic E-state index is 11.3. The summed E-state index contributed by atoms with van der Waals surface area (Å²) in [5, 5.41) is 20.1. The first kappa shape index (κ1) is 16.4. The van der Waals surface area contributed by atoms with Gasteiger partial charge in [0.05, 0.1) is 24.4 Å². The highest BCUT2D eigenvalue weighted by atomic mass is 16.6. The summed E-state index contributed by atoms with van der Waals surface area (Å²) in [6, 6.07) is 0. The number of methoxy groups -OCH3 is 1. The maximum atomic E-state index is 11.3. The largest absolute Gasteiger partial charge is 0.500 e. The van der Waals surface area contributed by atoms with E-state index in [1.165, 1.54) is 26.2 Å². The van der Waals surface area contributed by atoms with E-state index in [1.54, 1.807) is 0 Å². The zero-order chi connectivity index (χ0) is 16.2. The zero-order valence-electron chi connectivity index (χ0n) is 11.7. The molecule has 8 heteroatoms. The van der Waals surface area contributed by atoms with Crippen LogP contribution >= 0.6 is 0 Å². The summed E-state index contributed by atoms with van der Waals surface area (Å²) in [6.07, 6.45) is 2.72. The Morgan fingerprint density at radius 3 is 2.62 bits per heavy atom. The van der Waals surface area contributed by atoms with Crippen LogP contribution in [0.3, 0.4) is 0 Å². The highest BCUT2D eigenvalue weighted by Gasteiger charge is 2.32.